The Morgan fingerprint density at radius 1 is 0.357 bits per heavy atom. The van der Waals surface area contributed by atoms with Crippen molar-refractivity contribution in [1.29, 1.82) is 0 Å². The van der Waals surface area contributed by atoms with Crippen molar-refractivity contribution < 1.29 is 0 Å². The fourth-order valence-electron chi connectivity index (χ4n) is 8.17. The second kappa shape index (κ2) is 13.3. The van der Waals surface area contributed by atoms with Gasteiger partial charge in [0.1, 0.15) is 0 Å². The van der Waals surface area contributed by atoms with Gasteiger partial charge in [-0.05, 0) is 58.7 Å². The summed E-state index contributed by atoms with van der Waals surface area (Å²) in [7, 11) is 0. The third-order valence-electron chi connectivity index (χ3n) is 10.8. The van der Waals surface area contributed by atoms with Gasteiger partial charge < -0.3 is 4.57 Å². The average molecular weight is 732 g/mol. The van der Waals surface area contributed by atoms with Crippen LogP contribution in [0.15, 0.2) is 200 Å². The predicted octanol–water partition coefficient (Wildman–Crippen LogP) is 14.3. The molecule has 0 aliphatic carbocycles. The normalized spacial score (nSPS) is 11.6. The smallest absolute Gasteiger partial charge is 0.163 e. The van der Waals surface area contributed by atoms with Gasteiger partial charge in [-0.15, -0.1) is 11.3 Å². The lowest BCUT2D eigenvalue weighted by Gasteiger charge is -2.16. The van der Waals surface area contributed by atoms with Crippen molar-refractivity contribution >= 4 is 53.3 Å². The molecule has 4 heteroatoms. The van der Waals surface area contributed by atoms with E-state index in [0.717, 1.165) is 50.4 Å². The number of benzene rings is 8. The van der Waals surface area contributed by atoms with Gasteiger partial charge in [0.05, 0.1) is 33.7 Å². The molecule has 11 aromatic rings. The van der Waals surface area contributed by atoms with E-state index in [1.807, 2.05) is 23.5 Å². The molecule has 0 spiro atoms. The minimum Gasteiger partial charge on any atom is -0.308 e. The molecule has 11 rings (SSSR count). The highest BCUT2D eigenvalue weighted by Gasteiger charge is 2.23. The maximum Gasteiger partial charge on any atom is 0.163 e. The highest BCUT2D eigenvalue weighted by Crippen LogP contribution is 2.45. The van der Waals surface area contributed by atoms with Gasteiger partial charge in [-0.2, -0.15) is 0 Å². The fraction of sp³-hybridized carbons (Fsp3) is 0. The number of rotatable bonds is 6. The molecule has 0 fully saturated rings. The van der Waals surface area contributed by atoms with Gasteiger partial charge in [-0.3, -0.25) is 0 Å². The van der Waals surface area contributed by atoms with Crippen molar-refractivity contribution in [3.8, 4) is 61.8 Å². The van der Waals surface area contributed by atoms with E-state index in [-0.39, 0.29) is 0 Å². The zero-order valence-electron chi connectivity index (χ0n) is 30.3. The standard InChI is InChI=1S/C52H33N3S/c1-4-15-34(16-5-1)37-21-14-22-38(31-37)39-27-28-41-40-23-10-12-25-46(40)55(48(41)32-39)47-30-29-43-42-24-11-13-26-49(42)56-51(43)50(47)52-53-44(35-17-6-2-7-18-35)33-45(54-52)36-19-8-3-9-20-36/h1-33H. The second-order valence-corrected chi connectivity index (χ2v) is 15.2. The summed E-state index contributed by atoms with van der Waals surface area (Å²) in [5.41, 5.74) is 13.0. The van der Waals surface area contributed by atoms with E-state index in [1.54, 1.807) is 0 Å². The summed E-state index contributed by atoms with van der Waals surface area (Å²) in [5.74, 6) is 0.704. The van der Waals surface area contributed by atoms with Crippen molar-refractivity contribution in [3.05, 3.63) is 200 Å². The van der Waals surface area contributed by atoms with Gasteiger partial charge in [-0.1, -0.05) is 164 Å². The van der Waals surface area contributed by atoms with E-state index in [0.29, 0.717) is 5.82 Å². The van der Waals surface area contributed by atoms with Crippen LogP contribution in [-0.2, 0) is 0 Å². The number of fused-ring (bicyclic) bond motifs is 6. The lowest BCUT2D eigenvalue weighted by atomic mass is 9.98. The van der Waals surface area contributed by atoms with E-state index in [1.165, 1.54) is 47.6 Å². The Hall–Kier alpha value is -7.14. The maximum absolute atomic E-state index is 5.44. The van der Waals surface area contributed by atoms with Crippen LogP contribution in [-0.4, -0.2) is 14.5 Å². The number of aromatic nitrogens is 3. The van der Waals surface area contributed by atoms with E-state index in [2.05, 4.69) is 193 Å². The first kappa shape index (κ1) is 32.3. The van der Waals surface area contributed by atoms with Crippen LogP contribution < -0.4 is 0 Å². The van der Waals surface area contributed by atoms with Crippen LogP contribution in [0.5, 0.6) is 0 Å². The Labute approximate surface area is 328 Å². The molecule has 0 bridgehead atoms. The monoisotopic (exact) mass is 731 g/mol. The lowest BCUT2D eigenvalue weighted by molar-refractivity contribution is 1.15. The molecule has 0 N–H and O–H groups in total. The number of nitrogens with zero attached hydrogens (tertiary/aromatic N) is 3. The summed E-state index contributed by atoms with van der Waals surface area (Å²) in [6.45, 7) is 0. The van der Waals surface area contributed by atoms with Gasteiger partial charge >= 0.3 is 0 Å². The molecule has 0 saturated heterocycles. The number of hydrogen-bond donors (Lipinski definition) is 0. The van der Waals surface area contributed by atoms with Gasteiger partial charge in [-0.25, -0.2) is 9.97 Å². The van der Waals surface area contributed by atoms with Crippen molar-refractivity contribution in [2.45, 2.75) is 0 Å². The Morgan fingerprint density at radius 3 is 1.61 bits per heavy atom. The predicted molar refractivity (Wildman–Crippen MR) is 236 cm³/mol. The quantitative estimate of drug-likeness (QED) is 0.170. The summed E-state index contributed by atoms with van der Waals surface area (Å²) in [6.07, 6.45) is 0. The molecular weight excluding hydrogens is 699 g/mol. The SMILES string of the molecule is c1ccc(-c2cccc(-c3ccc4c5ccccc5n(-c5ccc6c(sc7ccccc76)c5-c5nc(-c6ccccc6)cc(-c6ccccc6)n5)c4c3)c2)cc1. The Bertz CT molecular complexity index is 3180. The first-order chi connectivity index (χ1) is 27.8. The molecular formula is C52H33N3S. The van der Waals surface area contributed by atoms with Crippen LogP contribution in [0.1, 0.15) is 0 Å². The molecule has 0 saturated carbocycles. The Kier molecular flexibility index (Phi) is 7.68. The summed E-state index contributed by atoms with van der Waals surface area (Å²) in [5, 5.41) is 4.86. The van der Waals surface area contributed by atoms with Gasteiger partial charge in [0.15, 0.2) is 5.82 Å². The summed E-state index contributed by atoms with van der Waals surface area (Å²) in [6, 6.07) is 71.4. The molecule has 0 aliphatic heterocycles. The highest BCUT2D eigenvalue weighted by molar-refractivity contribution is 7.26. The van der Waals surface area contributed by atoms with Gasteiger partial charge in [0.25, 0.3) is 0 Å². The van der Waals surface area contributed by atoms with Crippen molar-refractivity contribution in [3.63, 3.8) is 0 Å². The van der Waals surface area contributed by atoms with Crippen LogP contribution in [0.3, 0.4) is 0 Å². The maximum atomic E-state index is 5.44. The molecule has 0 unspecified atom stereocenters. The third-order valence-corrected chi connectivity index (χ3v) is 12.0. The number of hydrogen-bond acceptors (Lipinski definition) is 3. The third kappa shape index (κ3) is 5.42. The summed E-state index contributed by atoms with van der Waals surface area (Å²) in [4.78, 5) is 10.9. The zero-order chi connectivity index (χ0) is 37.0. The number of para-hydroxylation sites is 1. The van der Waals surface area contributed by atoms with Crippen LogP contribution >= 0.6 is 11.3 Å². The van der Waals surface area contributed by atoms with E-state index in [9.17, 15) is 0 Å². The first-order valence-electron chi connectivity index (χ1n) is 18.9. The fourth-order valence-corrected chi connectivity index (χ4v) is 9.41. The Morgan fingerprint density at radius 2 is 0.893 bits per heavy atom. The largest absolute Gasteiger partial charge is 0.308 e. The molecule has 262 valence electrons. The Balaban J connectivity index is 1.22. The van der Waals surface area contributed by atoms with Crippen LogP contribution in [0, 0.1) is 0 Å². The first-order valence-corrected chi connectivity index (χ1v) is 19.7. The average Bonchev–Trinajstić information content (AvgIpc) is 3.82. The van der Waals surface area contributed by atoms with Gasteiger partial charge in [0.2, 0.25) is 0 Å². The van der Waals surface area contributed by atoms with E-state index >= 15 is 0 Å². The molecule has 0 radical (unpaired) electrons. The zero-order valence-corrected chi connectivity index (χ0v) is 31.1. The van der Waals surface area contributed by atoms with E-state index < -0.39 is 0 Å². The van der Waals surface area contributed by atoms with Crippen molar-refractivity contribution in [1.82, 2.24) is 14.5 Å². The van der Waals surface area contributed by atoms with Crippen molar-refractivity contribution in [2.24, 2.45) is 0 Å². The van der Waals surface area contributed by atoms with E-state index in [4.69, 9.17) is 9.97 Å². The van der Waals surface area contributed by atoms with Crippen LogP contribution in [0.25, 0.3) is 104 Å². The highest BCUT2D eigenvalue weighted by atomic mass is 32.1. The molecule has 0 aliphatic rings. The topological polar surface area (TPSA) is 30.7 Å². The molecule has 3 aromatic heterocycles. The van der Waals surface area contributed by atoms with Crippen LogP contribution in [0.4, 0.5) is 0 Å². The lowest BCUT2D eigenvalue weighted by Crippen LogP contribution is -2.02. The van der Waals surface area contributed by atoms with Gasteiger partial charge in [0, 0.05) is 42.1 Å². The van der Waals surface area contributed by atoms with Crippen LogP contribution in [0.2, 0.25) is 0 Å². The van der Waals surface area contributed by atoms with Crippen molar-refractivity contribution in [2.75, 3.05) is 0 Å². The minimum absolute atomic E-state index is 0.704. The summed E-state index contributed by atoms with van der Waals surface area (Å²) >= 11 is 1.81. The molecule has 0 amide bonds. The molecule has 8 aromatic carbocycles. The second-order valence-electron chi connectivity index (χ2n) is 14.2. The molecule has 56 heavy (non-hydrogen) atoms. The molecule has 3 heterocycles. The molecule has 3 nitrogen and oxygen atoms in total. The number of thiophene rings is 1. The summed E-state index contributed by atoms with van der Waals surface area (Å²) < 4.78 is 4.85. The minimum atomic E-state index is 0.704. The molecule has 0 atom stereocenters.